The smallest absolute Gasteiger partial charge is 0.171 e. The van der Waals surface area contributed by atoms with Gasteiger partial charge in [-0.2, -0.15) is 15.5 Å². The van der Waals surface area contributed by atoms with Crippen molar-refractivity contribution >= 4 is 22.4 Å². The van der Waals surface area contributed by atoms with Crippen molar-refractivity contribution in [3.63, 3.8) is 0 Å². The van der Waals surface area contributed by atoms with Crippen molar-refractivity contribution < 1.29 is 9.84 Å². The number of imidazole rings is 1. The lowest BCUT2D eigenvalue weighted by molar-refractivity contribution is 0.00697. The van der Waals surface area contributed by atoms with Crippen molar-refractivity contribution in [1.82, 2.24) is 34.9 Å². The highest BCUT2D eigenvalue weighted by Crippen LogP contribution is 2.32. The van der Waals surface area contributed by atoms with Gasteiger partial charge in [0.05, 0.1) is 52.8 Å². The molecule has 0 aliphatic carbocycles. The van der Waals surface area contributed by atoms with E-state index >= 15 is 0 Å². The average molecular weight is 482 g/mol. The van der Waals surface area contributed by atoms with Gasteiger partial charge >= 0.3 is 0 Å². The highest BCUT2D eigenvalue weighted by atomic mass is 16.5. The van der Waals surface area contributed by atoms with E-state index in [1.807, 2.05) is 48.0 Å². The van der Waals surface area contributed by atoms with E-state index in [0.29, 0.717) is 42.6 Å². The summed E-state index contributed by atoms with van der Waals surface area (Å²) >= 11 is 0. The van der Waals surface area contributed by atoms with E-state index in [4.69, 9.17) is 9.72 Å². The summed E-state index contributed by atoms with van der Waals surface area (Å²) in [7, 11) is 0. The molecule has 0 atom stereocenters. The zero-order valence-corrected chi connectivity index (χ0v) is 19.5. The predicted octanol–water partition coefficient (Wildman–Crippen LogP) is 3.11. The lowest BCUT2D eigenvalue weighted by Gasteiger charge is -2.25. The van der Waals surface area contributed by atoms with E-state index in [1.54, 1.807) is 6.33 Å². The molecular weight excluding hydrogens is 458 g/mol. The number of ether oxygens (including phenoxy) is 1. The van der Waals surface area contributed by atoms with Gasteiger partial charge in [-0.25, -0.2) is 9.97 Å². The fraction of sp³-hybridized carbons (Fsp3) is 0.240. The van der Waals surface area contributed by atoms with Gasteiger partial charge in [0.15, 0.2) is 5.69 Å². The number of aryl methyl sites for hydroxylation is 1. The molecule has 11 heteroatoms. The van der Waals surface area contributed by atoms with Crippen LogP contribution in [0.5, 0.6) is 0 Å². The first-order valence-electron chi connectivity index (χ1n) is 11.6. The largest absolute Gasteiger partial charge is 0.396 e. The molecule has 11 nitrogen and oxygen atoms in total. The van der Waals surface area contributed by atoms with Crippen LogP contribution < -0.4 is 5.32 Å². The van der Waals surface area contributed by atoms with Crippen LogP contribution in [0.25, 0.3) is 28.1 Å². The summed E-state index contributed by atoms with van der Waals surface area (Å²) in [6, 6.07) is 11.9. The van der Waals surface area contributed by atoms with Crippen molar-refractivity contribution in [1.29, 1.82) is 5.26 Å². The topological polar surface area (TPSA) is 153 Å². The Bertz CT molecular complexity index is 1600. The standard InChI is InChI=1S/C25H23N9O2/c1-14-23(19(9-26)32-31-14)25-15(6-7-35)2-5-22(30-25)34-13-27-18-8-17(3-4-21(18)34)29-20-10-28-33-24(20)16-11-36-12-16/h2-5,8,10,13,16,29,35H,6-7,11-12H2,1H3,(H,28,33)(H,31,32). The van der Waals surface area contributed by atoms with E-state index in [-0.39, 0.29) is 12.3 Å². The van der Waals surface area contributed by atoms with Gasteiger partial charge < -0.3 is 15.2 Å². The number of hydrogen-bond acceptors (Lipinski definition) is 8. The number of hydrogen-bond donors (Lipinski definition) is 4. The Morgan fingerprint density at radius 2 is 2.14 bits per heavy atom. The third-order valence-corrected chi connectivity index (χ3v) is 6.40. The molecule has 0 amide bonds. The lowest BCUT2D eigenvalue weighted by Crippen LogP contribution is -2.26. The molecule has 4 N–H and O–H groups in total. The van der Waals surface area contributed by atoms with Crippen LogP contribution in [0.1, 0.15) is 28.6 Å². The second-order valence-electron chi connectivity index (χ2n) is 8.70. The summed E-state index contributed by atoms with van der Waals surface area (Å²) in [5.74, 6) is 0.956. The first-order chi connectivity index (χ1) is 17.7. The molecule has 0 spiro atoms. The van der Waals surface area contributed by atoms with Crippen LogP contribution >= 0.6 is 0 Å². The number of pyridine rings is 1. The summed E-state index contributed by atoms with van der Waals surface area (Å²) in [6.07, 6.45) is 4.00. The van der Waals surface area contributed by atoms with E-state index in [9.17, 15) is 10.4 Å². The molecule has 1 fully saturated rings. The average Bonchev–Trinajstić information content (AvgIpc) is 3.57. The second kappa shape index (κ2) is 8.92. The molecule has 1 saturated heterocycles. The number of benzene rings is 1. The maximum absolute atomic E-state index is 9.57. The molecule has 180 valence electrons. The number of nitrogens with one attached hydrogen (secondary N) is 3. The molecule has 5 heterocycles. The Morgan fingerprint density at radius 3 is 2.92 bits per heavy atom. The van der Waals surface area contributed by atoms with Crippen molar-refractivity contribution in [2.75, 3.05) is 25.1 Å². The second-order valence-corrected chi connectivity index (χ2v) is 8.70. The Balaban J connectivity index is 1.36. The number of aromatic amines is 2. The number of aliphatic hydroxyl groups is 1. The summed E-state index contributed by atoms with van der Waals surface area (Å²) < 4.78 is 7.21. The summed E-state index contributed by atoms with van der Waals surface area (Å²) in [6.45, 7) is 3.19. The van der Waals surface area contributed by atoms with Crippen molar-refractivity contribution in [3.05, 3.63) is 65.5 Å². The van der Waals surface area contributed by atoms with E-state index in [2.05, 4.69) is 36.8 Å². The highest BCUT2D eigenvalue weighted by Gasteiger charge is 2.26. The molecule has 0 radical (unpaired) electrons. The monoisotopic (exact) mass is 481 g/mol. The molecule has 1 aliphatic rings. The zero-order valence-electron chi connectivity index (χ0n) is 19.5. The Morgan fingerprint density at radius 1 is 1.25 bits per heavy atom. The van der Waals surface area contributed by atoms with Crippen molar-refractivity contribution in [2.45, 2.75) is 19.3 Å². The first-order valence-corrected chi connectivity index (χ1v) is 11.6. The maximum atomic E-state index is 9.57. The summed E-state index contributed by atoms with van der Waals surface area (Å²) in [4.78, 5) is 9.49. The van der Waals surface area contributed by atoms with Crippen LogP contribution in [0.15, 0.2) is 42.9 Å². The van der Waals surface area contributed by atoms with Crippen molar-refractivity contribution in [3.8, 4) is 23.1 Å². The fourth-order valence-electron chi connectivity index (χ4n) is 4.48. The predicted molar refractivity (Wildman–Crippen MR) is 132 cm³/mol. The number of nitrogens with zero attached hydrogens (tertiary/aromatic N) is 6. The van der Waals surface area contributed by atoms with Gasteiger partial charge in [-0.05, 0) is 43.2 Å². The molecule has 0 bridgehead atoms. The molecule has 5 aromatic rings. The number of aliphatic hydroxyl groups excluding tert-OH is 1. The van der Waals surface area contributed by atoms with Gasteiger partial charge in [0.1, 0.15) is 18.2 Å². The summed E-state index contributed by atoms with van der Waals surface area (Å²) in [5, 5.41) is 36.8. The van der Waals surface area contributed by atoms with Crippen LogP contribution in [0.3, 0.4) is 0 Å². The van der Waals surface area contributed by atoms with Gasteiger partial charge in [-0.1, -0.05) is 6.07 Å². The van der Waals surface area contributed by atoms with Crippen LogP contribution in [0.4, 0.5) is 11.4 Å². The quantitative estimate of drug-likeness (QED) is 0.277. The molecule has 1 aliphatic heterocycles. The van der Waals surface area contributed by atoms with Gasteiger partial charge in [0.2, 0.25) is 0 Å². The minimum Gasteiger partial charge on any atom is -0.396 e. The maximum Gasteiger partial charge on any atom is 0.171 e. The van der Waals surface area contributed by atoms with Crippen LogP contribution in [0, 0.1) is 18.3 Å². The Kier molecular flexibility index (Phi) is 5.44. The Hall–Kier alpha value is -4.53. The van der Waals surface area contributed by atoms with E-state index in [0.717, 1.165) is 39.4 Å². The van der Waals surface area contributed by atoms with Crippen LogP contribution in [-0.4, -0.2) is 59.9 Å². The van der Waals surface area contributed by atoms with Crippen LogP contribution in [0.2, 0.25) is 0 Å². The highest BCUT2D eigenvalue weighted by molar-refractivity contribution is 5.82. The lowest BCUT2D eigenvalue weighted by atomic mass is 10.0. The zero-order chi connectivity index (χ0) is 24.6. The van der Waals surface area contributed by atoms with E-state index < -0.39 is 0 Å². The first kappa shape index (κ1) is 22.0. The minimum atomic E-state index is -0.0251. The minimum absolute atomic E-state index is 0.0251. The molecule has 36 heavy (non-hydrogen) atoms. The normalized spacial score (nSPS) is 13.6. The Labute approximate surface area is 205 Å². The molecule has 1 aromatic carbocycles. The number of nitriles is 1. The van der Waals surface area contributed by atoms with Gasteiger partial charge in [-0.15, -0.1) is 0 Å². The van der Waals surface area contributed by atoms with E-state index in [1.165, 1.54) is 0 Å². The third kappa shape index (κ3) is 3.69. The SMILES string of the molecule is Cc1[nH]nc(C#N)c1-c1nc(-n2cnc3cc(Nc4c[nH]nc4C4COC4)ccc32)ccc1CCO. The molecule has 6 rings (SSSR count). The number of rotatable bonds is 7. The molecule has 4 aromatic heterocycles. The van der Waals surface area contributed by atoms with Gasteiger partial charge in [0.25, 0.3) is 0 Å². The van der Waals surface area contributed by atoms with Gasteiger partial charge in [0, 0.05) is 24.2 Å². The van der Waals surface area contributed by atoms with Gasteiger partial charge in [-0.3, -0.25) is 14.8 Å². The summed E-state index contributed by atoms with van der Waals surface area (Å²) in [5.41, 5.74) is 7.61. The number of anilines is 2. The number of H-pyrrole nitrogens is 2. The molecule has 0 saturated carbocycles. The fourth-order valence-corrected chi connectivity index (χ4v) is 4.48. The number of fused-ring (bicyclic) bond motifs is 1. The van der Waals surface area contributed by atoms with Crippen LogP contribution in [-0.2, 0) is 11.2 Å². The third-order valence-electron chi connectivity index (χ3n) is 6.40. The molecule has 0 unspecified atom stereocenters. The molecular formula is C25H23N9O2. The van der Waals surface area contributed by atoms with Crippen molar-refractivity contribution in [2.24, 2.45) is 0 Å². The number of aromatic nitrogens is 7.